The molecule has 0 unspecified atom stereocenters. The maximum absolute atomic E-state index is 5.54. The SMILES string of the molecule is Cc1nc(C)c(-c2ccc(NC(N)=S)cc2)o1. The van der Waals surface area contributed by atoms with Gasteiger partial charge in [0.1, 0.15) is 0 Å². The van der Waals surface area contributed by atoms with Crippen molar-refractivity contribution in [2.75, 3.05) is 5.32 Å². The Morgan fingerprint density at radius 3 is 2.41 bits per heavy atom. The number of benzene rings is 1. The molecule has 1 heterocycles. The lowest BCUT2D eigenvalue weighted by atomic mass is 10.1. The van der Waals surface area contributed by atoms with Crippen LogP contribution >= 0.6 is 12.2 Å². The molecule has 0 spiro atoms. The van der Waals surface area contributed by atoms with Gasteiger partial charge in [0.2, 0.25) is 0 Å². The summed E-state index contributed by atoms with van der Waals surface area (Å²) in [6, 6.07) is 7.67. The second kappa shape index (κ2) is 4.55. The summed E-state index contributed by atoms with van der Waals surface area (Å²) in [6.45, 7) is 3.76. The minimum absolute atomic E-state index is 0.254. The number of nitrogens with two attached hydrogens (primary N) is 1. The Balaban J connectivity index is 2.29. The van der Waals surface area contributed by atoms with Crippen LogP contribution in [0.1, 0.15) is 11.6 Å². The Labute approximate surface area is 105 Å². The van der Waals surface area contributed by atoms with Crippen LogP contribution in [0.25, 0.3) is 11.3 Å². The molecule has 0 aliphatic carbocycles. The van der Waals surface area contributed by atoms with Gasteiger partial charge in [0.05, 0.1) is 5.69 Å². The van der Waals surface area contributed by atoms with Gasteiger partial charge in [-0.05, 0) is 43.4 Å². The topological polar surface area (TPSA) is 64.1 Å². The van der Waals surface area contributed by atoms with Crippen molar-refractivity contribution in [2.24, 2.45) is 5.73 Å². The highest BCUT2D eigenvalue weighted by Gasteiger charge is 2.08. The Morgan fingerprint density at radius 2 is 1.94 bits per heavy atom. The van der Waals surface area contributed by atoms with Gasteiger partial charge in [-0.2, -0.15) is 0 Å². The number of thiocarbonyl (C=S) groups is 1. The van der Waals surface area contributed by atoms with E-state index in [0.29, 0.717) is 5.89 Å². The molecule has 0 aliphatic rings. The Morgan fingerprint density at radius 1 is 1.29 bits per heavy atom. The summed E-state index contributed by atoms with van der Waals surface area (Å²) in [4.78, 5) is 4.24. The van der Waals surface area contributed by atoms with Gasteiger partial charge in [-0.3, -0.25) is 0 Å². The first-order valence-electron chi connectivity index (χ1n) is 5.17. The molecular weight excluding hydrogens is 234 g/mol. The maximum atomic E-state index is 5.54. The molecule has 0 bridgehead atoms. The number of nitrogens with one attached hydrogen (secondary N) is 1. The second-order valence-corrected chi connectivity index (χ2v) is 4.15. The van der Waals surface area contributed by atoms with Crippen molar-refractivity contribution >= 4 is 23.0 Å². The van der Waals surface area contributed by atoms with Crippen LogP contribution in [0.3, 0.4) is 0 Å². The average Bonchev–Trinajstić information content (AvgIpc) is 2.58. The monoisotopic (exact) mass is 247 g/mol. The van der Waals surface area contributed by atoms with Crippen molar-refractivity contribution in [1.29, 1.82) is 0 Å². The number of rotatable bonds is 2. The van der Waals surface area contributed by atoms with E-state index in [2.05, 4.69) is 10.3 Å². The molecule has 2 rings (SSSR count). The van der Waals surface area contributed by atoms with Gasteiger partial charge in [-0.1, -0.05) is 0 Å². The first-order chi connectivity index (χ1) is 8.06. The zero-order valence-corrected chi connectivity index (χ0v) is 10.5. The Bertz CT molecular complexity index is 545. The molecule has 1 aromatic heterocycles. The van der Waals surface area contributed by atoms with Gasteiger partial charge in [0.15, 0.2) is 16.8 Å². The summed E-state index contributed by atoms with van der Waals surface area (Å²) < 4.78 is 5.54. The van der Waals surface area contributed by atoms with Crippen LogP contribution < -0.4 is 11.1 Å². The number of aromatic nitrogens is 1. The number of oxazole rings is 1. The lowest BCUT2D eigenvalue weighted by molar-refractivity contribution is 0.534. The first kappa shape index (κ1) is 11.6. The molecule has 0 saturated heterocycles. The van der Waals surface area contributed by atoms with Crippen molar-refractivity contribution in [1.82, 2.24) is 4.98 Å². The van der Waals surface area contributed by atoms with E-state index in [1.54, 1.807) is 0 Å². The molecule has 0 amide bonds. The summed E-state index contributed by atoms with van der Waals surface area (Å²) in [5.41, 5.74) is 8.12. The minimum Gasteiger partial charge on any atom is -0.441 e. The molecule has 17 heavy (non-hydrogen) atoms. The zero-order chi connectivity index (χ0) is 12.4. The van der Waals surface area contributed by atoms with E-state index in [1.165, 1.54) is 0 Å². The smallest absolute Gasteiger partial charge is 0.192 e. The van der Waals surface area contributed by atoms with Gasteiger partial charge < -0.3 is 15.5 Å². The first-order valence-corrected chi connectivity index (χ1v) is 5.58. The molecule has 88 valence electrons. The van der Waals surface area contributed by atoms with E-state index in [1.807, 2.05) is 38.1 Å². The van der Waals surface area contributed by atoms with E-state index in [-0.39, 0.29) is 5.11 Å². The fourth-order valence-electron chi connectivity index (χ4n) is 1.65. The molecule has 0 atom stereocenters. The molecule has 1 aromatic carbocycles. The highest BCUT2D eigenvalue weighted by Crippen LogP contribution is 2.25. The highest BCUT2D eigenvalue weighted by molar-refractivity contribution is 7.80. The molecule has 0 fully saturated rings. The third-order valence-electron chi connectivity index (χ3n) is 2.32. The normalized spacial score (nSPS) is 10.2. The van der Waals surface area contributed by atoms with Crippen molar-refractivity contribution in [2.45, 2.75) is 13.8 Å². The highest BCUT2D eigenvalue weighted by atomic mass is 32.1. The van der Waals surface area contributed by atoms with Crippen LogP contribution in [-0.4, -0.2) is 10.1 Å². The van der Waals surface area contributed by atoms with Gasteiger partial charge in [0.25, 0.3) is 0 Å². The maximum Gasteiger partial charge on any atom is 0.192 e. The van der Waals surface area contributed by atoms with Crippen LogP contribution in [0.5, 0.6) is 0 Å². The van der Waals surface area contributed by atoms with Crippen LogP contribution in [-0.2, 0) is 0 Å². The van der Waals surface area contributed by atoms with E-state index in [4.69, 9.17) is 22.4 Å². The summed E-state index contributed by atoms with van der Waals surface area (Å²) in [5.74, 6) is 1.47. The molecule has 5 heteroatoms. The Kier molecular flexibility index (Phi) is 3.10. The molecular formula is C12H13N3OS. The largest absolute Gasteiger partial charge is 0.441 e. The number of anilines is 1. The number of nitrogens with zero attached hydrogens (tertiary/aromatic N) is 1. The predicted octanol–water partition coefficient (Wildman–Crippen LogP) is 2.61. The van der Waals surface area contributed by atoms with Crippen LogP contribution in [0.4, 0.5) is 5.69 Å². The summed E-state index contributed by atoms with van der Waals surface area (Å²) >= 11 is 4.77. The Hall–Kier alpha value is -1.88. The van der Waals surface area contributed by atoms with Gasteiger partial charge >= 0.3 is 0 Å². The summed E-state index contributed by atoms with van der Waals surface area (Å²) in [5, 5.41) is 3.12. The molecule has 0 aliphatic heterocycles. The lowest BCUT2D eigenvalue weighted by Gasteiger charge is -2.04. The second-order valence-electron chi connectivity index (χ2n) is 3.71. The fraction of sp³-hybridized carbons (Fsp3) is 0.167. The number of aryl methyl sites for hydroxylation is 2. The van der Waals surface area contributed by atoms with Crippen molar-refractivity contribution in [3.63, 3.8) is 0 Å². The van der Waals surface area contributed by atoms with E-state index in [9.17, 15) is 0 Å². The van der Waals surface area contributed by atoms with Crippen LogP contribution in [0, 0.1) is 13.8 Å². The predicted molar refractivity (Wildman–Crippen MR) is 71.8 cm³/mol. The third-order valence-corrected chi connectivity index (χ3v) is 2.42. The van der Waals surface area contributed by atoms with Gasteiger partial charge in [0, 0.05) is 18.2 Å². The van der Waals surface area contributed by atoms with E-state index < -0.39 is 0 Å². The number of hydrogen-bond acceptors (Lipinski definition) is 3. The van der Waals surface area contributed by atoms with Crippen molar-refractivity contribution < 1.29 is 4.42 Å². The third kappa shape index (κ3) is 2.62. The van der Waals surface area contributed by atoms with Gasteiger partial charge in [-0.15, -0.1) is 0 Å². The average molecular weight is 247 g/mol. The van der Waals surface area contributed by atoms with Crippen molar-refractivity contribution in [3.05, 3.63) is 35.9 Å². The van der Waals surface area contributed by atoms with Crippen LogP contribution in [0.15, 0.2) is 28.7 Å². The number of hydrogen-bond donors (Lipinski definition) is 2. The zero-order valence-electron chi connectivity index (χ0n) is 9.65. The van der Waals surface area contributed by atoms with E-state index in [0.717, 1.165) is 22.7 Å². The van der Waals surface area contributed by atoms with Crippen LogP contribution in [0.2, 0.25) is 0 Å². The quantitative estimate of drug-likeness (QED) is 0.799. The molecule has 4 nitrogen and oxygen atoms in total. The standard InChI is InChI=1S/C12H13N3OS/c1-7-11(16-8(2)14-7)9-3-5-10(6-4-9)15-12(13)17/h3-6H,1-2H3,(H3,13,15,17). The molecule has 0 saturated carbocycles. The van der Waals surface area contributed by atoms with E-state index >= 15 is 0 Å². The van der Waals surface area contributed by atoms with Crippen molar-refractivity contribution in [3.8, 4) is 11.3 Å². The summed E-state index contributed by atoms with van der Waals surface area (Å²) in [7, 11) is 0. The fourth-order valence-corrected chi connectivity index (χ4v) is 1.76. The molecule has 0 radical (unpaired) electrons. The summed E-state index contributed by atoms with van der Waals surface area (Å²) in [6.07, 6.45) is 0. The lowest BCUT2D eigenvalue weighted by Crippen LogP contribution is -2.18. The van der Waals surface area contributed by atoms with Gasteiger partial charge in [-0.25, -0.2) is 4.98 Å². The minimum atomic E-state index is 0.254. The molecule has 2 aromatic rings. The molecule has 3 N–H and O–H groups in total.